The van der Waals surface area contributed by atoms with Crippen LogP contribution in [0.2, 0.25) is 0 Å². The molecule has 0 radical (unpaired) electrons. The fourth-order valence-electron chi connectivity index (χ4n) is 4.05. The van der Waals surface area contributed by atoms with Crippen LogP contribution in [0.3, 0.4) is 0 Å². The second kappa shape index (κ2) is 9.32. The van der Waals surface area contributed by atoms with Crippen LogP contribution in [0.15, 0.2) is 23.2 Å². The summed E-state index contributed by atoms with van der Waals surface area (Å²) >= 11 is 0. The molecule has 1 atom stereocenters. The predicted octanol–water partition coefficient (Wildman–Crippen LogP) is 3.04. The summed E-state index contributed by atoms with van der Waals surface area (Å²) in [4.78, 5) is 7.30. The summed E-state index contributed by atoms with van der Waals surface area (Å²) in [5.41, 5.74) is 1.41. The normalized spacial score (nSPS) is 24.6. The van der Waals surface area contributed by atoms with Crippen molar-refractivity contribution in [2.75, 3.05) is 46.1 Å². The number of guanidine groups is 1. The quantitative estimate of drug-likeness (QED) is 0.404. The first-order valence-corrected chi connectivity index (χ1v) is 9.78. The molecule has 3 heterocycles. The molecule has 0 aromatic heterocycles. The second-order valence-electron chi connectivity index (χ2n) is 7.44. The molecule has 7 heteroatoms. The highest BCUT2D eigenvalue weighted by Crippen LogP contribution is 2.38. The Labute approximate surface area is 178 Å². The van der Waals surface area contributed by atoms with Crippen molar-refractivity contribution in [3.05, 3.63) is 23.8 Å². The Morgan fingerprint density at radius 1 is 1.22 bits per heavy atom. The molecule has 27 heavy (non-hydrogen) atoms. The molecule has 1 aromatic carbocycles. The number of rotatable bonds is 3. The van der Waals surface area contributed by atoms with E-state index in [1.165, 1.54) is 12.8 Å². The third kappa shape index (κ3) is 4.62. The number of para-hydroxylation sites is 1. The Balaban J connectivity index is 0.00000210. The molecule has 2 fully saturated rings. The van der Waals surface area contributed by atoms with Crippen molar-refractivity contribution in [2.45, 2.75) is 32.7 Å². The fourth-order valence-corrected chi connectivity index (χ4v) is 4.05. The van der Waals surface area contributed by atoms with Crippen LogP contribution in [0.4, 0.5) is 0 Å². The molecule has 3 aliphatic rings. The van der Waals surface area contributed by atoms with Crippen molar-refractivity contribution in [3.63, 3.8) is 0 Å². The Bertz CT molecular complexity index is 662. The summed E-state index contributed by atoms with van der Waals surface area (Å²) in [6, 6.07) is 6.08. The first-order chi connectivity index (χ1) is 12.8. The number of benzene rings is 1. The smallest absolute Gasteiger partial charge is 0.194 e. The first-order valence-electron chi connectivity index (χ1n) is 9.78. The van der Waals surface area contributed by atoms with Crippen molar-refractivity contribution < 1.29 is 14.2 Å². The highest BCUT2D eigenvalue weighted by Gasteiger charge is 2.42. The standard InChI is InChI=1S/C20H29N3O3.HI/c1-2-21-19(23-9-7-20(14-23)8-12-24-15-20)22-13-16-5-3-6-17-18(16)26-11-4-10-25-17;/h3,5-6H,2,4,7-15H2,1H3,(H,21,22);1H. The average molecular weight is 487 g/mol. The molecule has 1 spiro atoms. The maximum Gasteiger partial charge on any atom is 0.194 e. The van der Waals surface area contributed by atoms with E-state index in [2.05, 4.69) is 23.2 Å². The van der Waals surface area contributed by atoms with Gasteiger partial charge >= 0.3 is 0 Å². The molecule has 1 aromatic rings. The van der Waals surface area contributed by atoms with E-state index in [-0.39, 0.29) is 24.0 Å². The Morgan fingerprint density at radius 3 is 2.93 bits per heavy atom. The third-order valence-electron chi connectivity index (χ3n) is 5.51. The van der Waals surface area contributed by atoms with E-state index >= 15 is 0 Å². The van der Waals surface area contributed by atoms with Gasteiger partial charge in [-0.3, -0.25) is 0 Å². The summed E-state index contributed by atoms with van der Waals surface area (Å²) in [5.74, 6) is 2.68. The molecule has 6 nitrogen and oxygen atoms in total. The van der Waals surface area contributed by atoms with Crippen LogP contribution in [-0.4, -0.2) is 56.9 Å². The van der Waals surface area contributed by atoms with Crippen LogP contribution >= 0.6 is 24.0 Å². The number of ether oxygens (including phenoxy) is 3. The van der Waals surface area contributed by atoms with E-state index < -0.39 is 0 Å². The SMILES string of the molecule is CCNC(=NCc1cccc2c1OCCCO2)N1CCC2(CCOC2)C1.I. The van der Waals surface area contributed by atoms with Gasteiger partial charge in [-0.15, -0.1) is 24.0 Å². The minimum Gasteiger partial charge on any atom is -0.490 e. The highest BCUT2D eigenvalue weighted by atomic mass is 127. The lowest BCUT2D eigenvalue weighted by atomic mass is 9.87. The van der Waals surface area contributed by atoms with Crippen molar-refractivity contribution in [3.8, 4) is 11.5 Å². The lowest BCUT2D eigenvalue weighted by Gasteiger charge is -2.25. The lowest BCUT2D eigenvalue weighted by molar-refractivity contribution is 0.156. The number of hydrogen-bond acceptors (Lipinski definition) is 4. The Morgan fingerprint density at radius 2 is 2.11 bits per heavy atom. The minimum absolute atomic E-state index is 0. The van der Waals surface area contributed by atoms with Crippen LogP contribution in [0.1, 0.15) is 31.7 Å². The number of fused-ring (bicyclic) bond motifs is 1. The van der Waals surface area contributed by atoms with Gasteiger partial charge in [-0.25, -0.2) is 4.99 Å². The van der Waals surface area contributed by atoms with Crippen molar-refractivity contribution in [2.24, 2.45) is 10.4 Å². The summed E-state index contributed by atoms with van der Waals surface area (Å²) in [7, 11) is 0. The van der Waals surface area contributed by atoms with Gasteiger partial charge in [0.25, 0.3) is 0 Å². The minimum atomic E-state index is 0. The van der Waals surface area contributed by atoms with Crippen LogP contribution in [0.5, 0.6) is 11.5 Å². The fraction of sp³-hybridized carbons (Fsp3) is 0.650. The molecule has 2 saturated heterocycles. The number of nitrogens with zero attached hydrogens (tertiary/aromatic N) is 2. The van der Waals surface area contributed by atoms with E-state index in [4.69, 9.17) is 19.2 Å². The van der Waals surface area contributed by atoms with Gasteiger partial charge in [0.05, 0.1) is 26.4 Å². The zero-order chi connectivity index (χ0) is 17.8. The van der Waals surface area contributed by atoms with E-state index in [1.807, 2.05) is 12.1 Å². The van der Waals surface area contributed by atoms with E-state index in [0.717, 1.165) is 62.3 Å². The topological polar surface area (TPSA) is 55.3 Å². The molecular weight excluding hydrogens is 457 g/mol. The number of nitrogens with one attached hydrogen (secondary N) is 1. The summed E-state index contributed by atoms with van der Waals surface area (Å²) in [6.07, 6.45) is 3.27. The van der Waals surface area contributed by atoms with Gasteiger partial charge in [0, 0.05) is 43.6 Å². The van der Waals surface area contributed by atoms with Crippen molar-refractivity contribution in [1.29, 1.82) is 0 Å². The highest BCUT2D eigenvalue weighted by molar-refractivity contribution is 14.0. The zero-order valence-corrected chi connectivity index (χ0v) is 18.4. The number of aliphatic imine (C=N–C) groups is 1. The molecule has 0 saturated carbocycles. The number of halogens is 1. The molecule has 0 bridgehead atoms. The average Bonchev–Trinajstić information content (AvgIpc) is 3.22. The molecule has 1 unspecified atom stereocenters. The number of hydrogen-bond donors (Lipinski definition) is 1. The molecule has 3 aliphatic heterocycles. The molecule has 0 amide bonds. The Hall–Kier alpha value is -1.22. The molecular formula is C20H30IN3O3. The summed E-state index contributed by atoms with van der Waals surface area (Å²) < 4.78 is 17.4. The van der Waals surface area contributed by atoms with Crippen molar-refractivity contribution in [1.82, 2.24) is 10.2 Å². The van der Waals surface area contributed by atoms with E-state index in [0.29, 0.717) is 25.2 Å². The van der Waals surface area contributed by atoms with Crippen LogP contribution in [0.25, 0.3) is 0 Å². The largest absolute Gasteiger partial charge is 0.490 e. The van der Waals surface area contributed by atoms with Gasteiger partial charge in [-0.2, -0.15) is 0 Å². The maximum absolute atomic E-state index is 5.93. The lowest BCUT2D eigenvalue weighted by Crippen LogP contribution is -2.41. The van der Waals surface area contributed by atoms with Crippen molar-refractivity contribution >= 4 is 29.9 Å². The van der Waals surface area contributed by atoms with Crippen LogP contribution < -0.4 is 14.8 Å². The monoisotopic (exact) mass is 487 g/mol. The third-order valence-corrected chi connectivity index (χ3v) is 5.51. The van der Waals surface area contributed by atoms with Crippen LogP contribution in [0, 0.1) is 5.41 Å². The van der Waals surface area contributed by atoms with Crippen LogP contribution in [-0.2, 0) is 11.3 Å². The molecule has 1 N–H and O–H groups in total. The Kier molecular flexibility index (Phi) is 7.08. The van der Waals surface area contributed by atoms with Gasteiger partial charge in [-0.1, -0.05) is 12.1 Å². The van der Waals surface area contributed by atoms with Gasteiger partial charge in [-0.05, 0) is 25.8 Å². The van der Waals surface area contributed by atoms with Gasteiger partial charge in [0.15, 0.2) is 17.5 Å². The van der Waals surface area contributed by atoms with E-state index in [9.17, 15) is 0 Å². The summed E-state index contributed by atoms with van der Waals surface area (Å²) in [6.45, 7) is 8.84. The summed E-state index contributed by atoms with van der Waals surface area (Å²) in [5, 5.41) is 3.46. The van der Waals surface area contributed by atoms with Gasteiger partial charge in [0.1, 0.15) is 0 Å². The molecule has 4 rings (SSSR count). The second-order valence-corrected chi connectivity index (χ2v) is 7.44. The number of likely N-dealkylation sites (tertiary alicyclic amines) is 1. The molecule has 150 valence electrons. The van der Waals surface area contributed by atoms with E-state index in [1.54, 1.807) is 0 Å². The van der Waals surface area contributed by atoms with Gasteiger partial charge < -0.3 is 24.4 Å². The predicted molar refractivity (Wildman–Crippen MR) is 116 cm³/mol. The zero-order valence-electron chi connectivity index (χ0n) is 16.0. The van der Waals surface area contributed by atoms with Gasteiger partial charge in [0.2, 0.25) is 0 Å². The molecule has 0 aliphatic carbocycles. The maximum atomic E-state index is 5.93. The first kappa shape index (κ1) is 20.5.